The molecular weight excluding hydrogens is 415 g/mol. The number of nitrogens with one attached hydrogen (secondary N) is 2. The molecule has 2 aliphatic heterocycles. The lowest BCUT2D eigenvalue weighted by Gasteiger charge is -2.36. The third-order valence-corrected chi connectivity index (χ3v) is 6.45. The van der Waals surface area contributed by atoms with Crippen LogP contribution in [0.25, 0.3) is 0 Å². The van der Waals surface area contributed by atoms with Gasteiger partial charge in [-0.05, 0) is 49.4 Å². The van der Waals surface area contributed by atoms with Crippen LogP contribution >= 0.6 is 11.8 Å². The summed E-state index contributed by atoms with van der Waals surface area (Å²) in [5, 5.41) is 5.68. The molecule has 0 radical (unpaired) electrons. The summed E-state index contributed by atoms with van der Waals surface area (Å²) in [4.78, 5) is 30.3. The minimum atomic E-state index is -0.252. The Morgan fingerprint density at radius 1 is 1.10 bits per heavy atom. The number of amides is 2. The third-order valence-electron chi connectivity index (χ3n) is 5.36. The molecule has 2 aromatic carbocycles. The number of benzene rings is 2. The van der Waals surface area contributed by atoms with Crippen molar-refractivity contribution in [2.75, 3.05) is 49.5 Å². The van der Waals surface area contributed by atoms with Gasteiger partial charge in [-0.3, -0.25) is 14.5 Å². The first-order valence-corrected chi connectivity index (χ1v) is 11.2. The molecule has 0 spiro atoms. The second-order valence-electron chi connectivity index (χ2n) is 7.51. The van der Waals surface area contributed by atoms with E-state index in [2.05, 4.69) is 20.4 Å². The van der Waals surface area contributed by atoms with E-state index in [0.29, 0.717) is 11.4 Å². The molecule has 2 heterocycles. The van der Waals surface area contributed by atoms with Gasteiger partial charge < -0.3 is 15.5 Å². The molecule has 2 amide bonds. The molecule has 0 atom stereocenters. The zero-order valence-corrected chi connectivity index (χ0v) is 18.0. The number of thioether (sulfide) groups is 1. The maximum absolute atomic E-state index is 13.1. The Bertz CT molecular complexity index is 972. The van der Waals surface area contributed by atoms with Gasteiger partial charge in [-0.2, -0.15) is 0 Å². The minimum absolute atomic E-state index is 0.215. The van der Waals surface area contributed by atoms with Crippen molar-refractivity contribution < 1.29 is 14.0 Å². The molecule has 0 aliphatic carbocycles. The molecule has 162 valence electrons. The SMILES string of the molecule is O=C(/C=C1\Sc2ccccc2NC1=O)NCCCN1CCN(c2ccc(F)cc2)CC1. The second kappa shape index (κ2) is 9.98. The van der Waals surface area contributed by atoms with Gasteiger partial charge in [-0.25, -0.2) is 4.39 Å². The molecule has 1 saturated heterocycles. The number of hydrogen-bond donors (Lipinski definition) is 2. The van der Waals surface area contributed by atoms with Crippen LogP contribution in [0.15, 0.2) is 64.4 Å². The number of rotatable bonds is 6. The molecule has 0 unspecified atom stereocenters. The number of hydrogen-bond acceptors (Lipinski definition) is 5. The fraction of sp³-hybridized carbons (Fsp3) is 0.304. The lowest BCUT2D eigenvalue weighted by Crippen LogP contribution is -2.47. The summed E-state index contributed by atoms with van der Waals surface area (Å²) in [6.07, 6.45) is 2.21. The fourth-order valence-electron chi connectivity index (χ4n) is 3.67. The highest BCUT2D eigenvalue weighted by molar-refractivity contribution is 8.04. The summed E-state index contributed by atoms with van der Waals surface area (Å²) >= 11 is 1.31. The molecule has 2 aromatic rings. The number of nitrogens with zero attached hydrogens (tertiary/aromatic N) is 2. The van der Waals surface area contributed by atoms with Crippen LogP contribution in [0.1, 0.15) is 6.42 Å². The molecule has 1 fully saturated rings. The van der Waals surface area contributed by atoms with E-state index in [1.54, 1.807) is 0 Å². The van der Waals surface area contributed by atoms with Gasteiger partial charge in [0.25, 0.3) is 5.91 Å². The van der Waals surface area contributed by atoms with Gasteiger partial charge in [0.05, 0.1) is 10.6 Å². The number of piperazine rings is 1. The molecular formula is C23H25FN4O2S. The largest absolute Gasteiger partial charge is 0.369 e. The van der Waals surface area contributed by atoms with Gasteiger partial charge in [-0.15, -0.1) is 0 Å². The smallest absolute Gasteiger partial charge is 0.262 e. The Labute approximate surface area is 185 Å². The van der Waals surface area contributed by atoms with Gasteiger partial charge in [0, 0.05) is 49.4 Å². The van der Waals surface area contributed by atoms with Crippen LogP contribution in [0, 0.1) is 5.82 Å². The molecule has 0 bridgehead atoms. The van der Waals surface area contributed by atoms with Crippen molar-refractivity contribution in [1.29, 1.82) is 0 Å². The number of fused-ring (bicyclic) bond motifs is 1. The predicted molar refractivity (Wildman–Crippen MR) is 122 cm³/mol. The summed E-state index contributed by atoms with van der Waals surface area (Å²) in [6, 6.07) is 14.2. The van der Waals surface area contributed by atoms with Gasteiger partial charge in [0.1, 0.15) is 5.82 Å². The van der Waals surface area contributed by atoms with Crippen LogP contribution in [0.3, 0.4) is 0 Å². The monoisotopic (exact) mass is 440 g/mol. The highest BCUT2D eigenvalue weighted by Crippen LogP contribution is 2.37. The quantitative estimate of drug-likeness (QED) is 0.534. The molecule has 0 aromatic heterocycles. The van der Waals surface area contributed by atoms with Crippen LogP contribution in [-0.4, -0.2) is 56.0 Å². The molecule has 0 saturated carbocycles. The van der Waals surface area contributed by atoms with Crippen LogP contribution in [0.2, 0.25) is 0 Å². The summed E-state index contributed by atoms with van der Waals surface area (Å²) in [5.41, 5.74) is 1.82. The number of anilines is 2. The first-order chi connectivity index (χ1) is 15.1. The van der Waals surface area contributed by atoms with Crippen molar-refractivity contribution >= 4 is 35.0 Å². The second-order valence-corrected chi connectivity index (χ2v) is 8.59. The normalized spacial score (nSPS) is 17.9. The molecule has 2 N–H and O–H groups in total. The van der Waals surface area contributed by atoms with Crippen LogP contribution in [0.5, 0.6) is 0 Å². The average Bonchev–Trinajstić information content (AvgIpc) is 2.78. The van der Waals surface area contributed by atoms with E-state index < -0.39 is 0 Å². The third kappa shape index (κ3) is 5.65. The molecule has 4 rings (SSSR count). The molecule has 8 heteroatoms. The zero-order valence-electron chi connectivity index (χ0n) is 17.1. The van der Waals surface area contributed by atoms with Gasteiger partial charge in [0.15, 0.2) is 0 Å². The van der Waals surface area contributed by atoms with E-state index >= 15 is 0 Å². The van der Waals surface area contributed by atoms with Crippen molar-refractivity contribution in [2.45, 2.75) is 11.3 Å². The van der Waals surface area contributed by atoms with E-state index in [0.717, 1.165) is 55.4 Å². The van der Waals surface area contributed by atoms with Crippen molar-refractivity contribution in [3.63, 3.8) is 0 Å². The number of para-hydroxylation sites is 1. The zero-order chi connectivity index (χ0) is 21.6. The van der Waals surface area contributed by atoms with Crippen LogP contribution in [0.4, 0.5) is 15.8 Å². The maximum atomic E-state index is 13.1. The van der Waals surface area contributed by atoms with E-state index in [1.807, 2.05) is 36.4 Å². The first-order valence-electron chi connectivity index (χ1n) is 10.4. The predicted octanol–water partition coefficient (Wildman–Crippen LogP) is 3.08. The van der Waals surface area contributed by atoms with Gasteiger partial charge in [-0.1, -0.05) is 23.9 Å². The van der Waals surface area contributed by atoms with Crippen molar-refractivity contribution in [3.05, 3.63) is 65.3 Å². The molecule has 31 heavy (non-hydrogen) atoms. The fourth-order valence-corrected chi connectivity index (χ4v) is 4.59. The Morgan fingerprint density at radius 2 is 1.84 bits per heavy atom. The van der Waals surface area contributed by atoms with Crippen molar-refractivity contribution in [2.24, 2.45) is 0 Å². The first kappa shape index (κ1) is 21.4. The van der Waals surface area contributed by atoms with Gasteiger partial charge >= 0.3 is 0 Å². The van der Waals surface area contributed by atoms with Gasteiger partial charge in [0.2, 0.25) is 5.91 Å². The average molecular weight is 441 g/mol. The Kier molecular flexibility index (Phi) is 6.89. The Balaban J connectivity index is 1.17. The van der Waals surface area contributed by atoms with Crippen LogP contribution < -0.4 is 15.5 Å². The summed E-state index contributed by atoms with van der Waals surface area (Å²) in [7, 11) is 0. The van der Waals surface area contributed by atoms with Crippen LogP contribution in [-0.2, 0) is 9.59 Å². The summed E-state index contributed by atoms with van der Waals surface area (Å²) < 4.78 is 13.1. The molecule has 2 aliphatic rings. The van der Waals surface area contributed by atoms with E-state index in [-0.39, 0.29) is 17.6 Å². The Morgan fingerprint density at radius 3 is 2.61 bits per heavy atom. The topological polar surface area (TPSA) is 64.7 Å². The lowest BCUT2D eigenvalue weighted by atomic mass is 10.2. The standard InChI is InChI=1S/C23H25FN4O2S/c24-17-6-8-18(9-7-17)28-14-12-27(13-15-28)11-3-10-25-22(29)16-21-23(30)26-19-4-1-2-5-20(19)31-21/h1-2,4-9,16H,3,10-15H2,(H,25,29)(H,26,30)/b21-16-. The van der Waals surface area contributed by atoms with Crippen molar-refractivity contribution in [1.82, 2.24) is 10.2 Å². The Hall–Kier alpha value is -2.84. The highest BCUT2D eigenvalue weighted by atomic mass is 32.2. The number of carbonyl (C=O) groups is 2. The summed E-state index contributed by atoms with van der Waals surface area (Å²) in [6.45, 7) is 5.13. The van der Waals surface area contributed by atoms with Crippen molar-refractivity contribution in [3.8, 4) is 0 Å². The lowest BCUT2D eigenvalue weighted by molar-refractivity contribution is -0.117. The van der Waals surface area contributed by atoms with E-state index in [9.17, 15) is 14.0 Å². The highest BCUT2D eigenvalue weighted by Gasteiger charge is 2.21. The minimum Gasteiger partial charge on any atom is -0.369 e. The maximum Gasteiger partial charge on any atom is 0.262 e. The number of halogens is 1. The molecule has 6 nitrogen and oxygen atoms in total. The van der Waals surface area contributed by atoms with E-state index in [4.69, 9.17) is 0 Å². The number of carbonyl (C=O) groups excluding carboxylic acids is 2. The van der Waals surface area contributed by atoms with E-state index in [1.165, 1.54) is 30.0 Å². The summed E-state index contributed by atoms with van der Waals surface area (Å²) in [5.74, 6) is -0.719.